The van der Waals surface area contributed by atoms with Crippen LogP contribution in [-0.4, -0.2) is 51.6 Å². The number of carbonyl (C=O) groups excluding carboxylic acids is 1. The summed E-state index contributed by atoms with van der Waals surface area (Å²) in [5.41, 5.74) is 4.66. The van der Waals surface area contributed by atoms with Crippen LogP contribution in [0.1, 0.15) is 37.1 Å². The van der Waals surface area contributed by atoms with Crippen molar-refractivity contribution in [3.05, 3.63) is 69.8 Å². The average Bonchev–Trinajstić information content (AvgIpc) is 3.18. The molecule has 2 aromatic carbocycles. The number of ether oxygens (including phenoxy) is 2. The molecule has 1 amide bonds. The van der Waals surface area contributed by atoms with Crippen LogP contribution in [0.5, 0.6) is 5.75 Å². The normalized spacial score (nSPS) is 10.9. The van der Waals surface area contributed by atoms with Crippen LogP contribution in [0.15, 0.2) is 53.0 Å². The van der Waals surface area contributed by atoms with Gasteiger partial charge in [-0.1, -0.05) is 34.1 Å². The maximum atomic E-state index is 12.3. The molecule has 1 N–H and O–H groups in total. The number of halogens is 1. The molecule has 0 saturated carbocycles. The third-order valence-electron chi connectivity index (χ3n) is 5.53. The Labute approximate surface area is 220 Å². The van der Waals surface area contributed by atoms with Crippen LogP contribution in [0.4, 0.5) is 4.79 Å². The molecular formula is C27H32BrN3O5. The van der Waals surface area contributed by atoms with Crippen molar-refractivity contribution in [3.63, 3.8) is 0 Å². The van der Waals surface area contributed by atoms with Gasteiger partial charge in [0.25, 0.3) is 0 Å². The zero-order valence-electron chi connectivity index (χ0n) is 21.0. The number of rotatable bonds is 11. The van der Waals surface area contributed by atoms with E-state index in [4.69, 9.17) is 19.7 Å². The molecule has 9 heteroatoms. The van der Waals surface area contributed by atoms with Crippen molar-refractivity contribution < 1.29 is 24.2 Å². The highest BCUT2D eigenvalue weighted by Crippen LogP contribution is 2.23. The number of amides is 1. The minimum Gasteiger partial charge on any atom is -0.492 e. The first-order valence-corrected chi connectivity index (χ1v) is 12.6. The Bertz CT molecular complexity index is 1190. The van der Waals surface area contributed by atoms with Crippen molar-refractivity contribution in [3.8, 4) is 17.0 Å². The zero-order valence-corrected chi connectivity index (χ0v) is 22.6. The third kappa shape index (κ3) is 7.84. The Kier molecular flexibility index (Phi) is 9.52. The summed E-state index contributed by atoms with van der Waals surface area (Å²) >= 11 is 3.45. The van der Waals surface area contributed by atoms with E-state index in [1.54, 1.807) is 20.9 Å². The number of carbonyl (C=O) groups is 2. The van der Waals surface area contributed by atoms with Gasteiger partial charge >= 0.3 is 12.1 Å². The third-order valence-corrected chi connectivity index (χ3v) is 6.06. The Balaban J connectivity index is 1.68. The van der Waals surface area contributed by atoms with Gasteiger partial charge in [0.15, 0.2) is 0 Å². The quantitative estimate of drug-likeness (QED) is 0.325. The van der Waals surface area contributed by atoms with E-state index >= 15 is 0 Å². The first-order valence-electron chi connectivity index (χ1n) is 11.8. The maximum absolute atomic E-state index is 12.3. The summed E-state index contributed by atoms with van der Waals surface area (Å²) < 4.78 is 14.2. The van der Waals surface area contributed by atoms with E-state index < -0.39 is 12.1 Å². The number of aliphatic carboxylic acids is 1. The van der Waals surface area contributed by atoms with Gasteiger partial charge in [-0.15, -0.1) is 0 Å². The second-order valence-corrected chi connectivity index (χ2v) is 9.78. The molecule has 36 heavy (non-hydrogen) atoms. The predicted molar refractivity (Wildman–Crippen MR) is 141 cm³/mol. The first-order chi connectivity index (χ1) is 17.1. The van der Waals surface area contributed by atoms with E-state index in [0.29, 0.717) is 25.3 Å². The molecule has 0 spiro atoms. The van der Waals surface area contributed by atoms with Crippen molar-refractivity contribution in [2.24, 2.45) is 0 Å². The van der Waals surface area contributed by atoms with Gasteiger partial charge in [-0.3, -0.25) is 9.48 Å². The first kappa shape index (κ1) is 27.3. The van der Waals surface area contributed by atoms with E-state index in [1.165, 1.54) is 4.90 Å². The highest BCUT2D eigenvalue weighted by Gasteiger charge is 2.16. The number of carboxylic acid groups (broad SMARTS) is 1. The predicted octanol–water partition coefficient (Wildman–Crippen LogP) is 5.69. The maximum Gasteiger partial charge on any atom is 0.410 e. The van der Waals surface area contributed by atoms with Crippen LogP contribution in [0, 0.1) is 6.92 Å². The highest BCUT2D eigenvalue weighted by atomic mass is 79.9. The lowest BCUT2D eigenvalue weighted by Gasteiger charge is -2.21. The van der Waals surface area contributed by atoms with Gasteiger partial charge < -0.3 is 19.5 Å². The summed E-state index contributed by atoms with van der Waals surface area (Å²) in [7, 11) is 1.66. The van der Waals surface area contributed by atoms with Crippen LogP contribution >= 0.6 is 15.9 Å². The summed E-state index contributed by atoms with van der Waals surface area (Å²) in [5.74, 6) is -0.224. The fourth-order valence-electron chi connectivity index (χ4n) is 3.68. The topological polar surface area (TPSA) is 93.9 Å². The smallest absolute Gasteiger partial charge is 0.410 e. The van der Waals surface area contributed by atoms with Crippen LogP contribution in [0.2, 0.25) is 0 Å². The number of hydrogen-bond acceptors (Lipinski definition) is 5. The molecule has 8 nitrogen and oxygen atoms in total. The van der Waals surface area contributed by atoms with Crippen LogP contribution in [0.25, 0.3) is 11.3 Å². The molecule has 0 radical (unpaired) electrons. The lowest BCUT2D eigenvalue weighted by molar-refractivity contribution is -0.136. The van der Waals surface area contributed by atoms with Crippen LogP contribution in [0.3, 0.4) is 0 Å². The van der Waals surface area contributed by atoms with Gasteiger partial charge in [0, 0.05) is 35.7 Å². The molecule has 0 fully saturated rings. The van der Waals surface area contributed by atoms with E-state index in [9.17, 15) is 9.59 Å². The van der Waals surface area contributed by atoms with Crippen molar-refractivity contribution in [1.82, 2.24) is 14.7 Å². The molecule has 0 atom stereocenters. The Morgan fingerprint density at radius 2 is 1.83 bits per heavy atom. The van der Waals surface area contributed by atoms with Gasteiger partial charge in [-0.2, -0.15) is 5.10 Å². The number of hydrogen-bond donors (Lipinski definition) is 1. The highest BCUT2D eigenvalue weighted by molar-refractivity contribution is 9.10. The second kappa shape index (κ2) is 12.6. The minimum absolute atomic E-state index is 0.00658. The molecule has 1 heterocycles. The van der Waals surface area contributed by atoms with Crippen molar-refractivity contribution >= 4 is 28.0 Å². The van der Waals surface area contributed by atoms with E-state index in [0.717, 1.165) is 32.6 Å². The molecular weight excluding hydrogens is 526 g/mol. The number of benzene rings is 2. The monoisotopic (exact) mass is 557 g/mol. The lowest BCUT2D eigenvalue weighted by Crippen LogP contribution is -2.29. The Hall–Kier alpha value is -3.33. The van der Waals surface area contributed by atoms with E-state index in [2.05, 4.69) is 15.9 Å². The number of carboxylic acids is 1. The number of nitrogens with zero attached hydrogens (tertiary/aromatic N) is 3. The molecule has 0 bridgehead atoms. The molecule has 192 valence electrons. The summed E-state index contributed by atoms with van der Waals surface area (Å²) in [6.45, 7) is 6.85. The summed E-state index contributed by atoms with van der Waals surface area (Å²) in [6, 6.07) is 15.6. The van der Waals surface area contributed by atoms with Crippen LogP contribution in [-0.2, 0) is 29.0 Å². The SMILES string of the molecule is Cc1cc(-c2ccc(Br)cc2)nn1CCOc1ccc(CCC(=O)O)c(CN(C)C(=O)OC(C)C)c1. The molecule has 3 rings (SSSR count). The largest absolute Gasteiger partial charge is 0.492 e. The van der Waals surface area contributed by atoms with Crippen molar-refractivity contribution in [1.29, 1.82) is 0 Å². The number of aromatic nitrogens is 2. The van der Waals surface area contributed by atoms with Crippen molar-refractivity contribution in [2.45, 2.75) is 52.8 Å². The fourth-order valence-corrected chi connectivity index (χ4v) is 3.95. The van der Waals surface area contributed by atoms with E-state index in [1.807, 2.05) is 60.1 Å². The van der Waals surface area contributed by atoms with Gasteiger partial charge in [0.1, 0.15) is 12.4 Å². The summed E-state index contributed by atoms with van der Waals surface area (Å²) in [5, 5.41) is 13.8. The molecule has 0 aliphatic carbocycles. The van der Waals surface area contributed by atoms with E-state index in [-0.39, 0.29) is 19.1 Å². The molecule has 0 unspecified atom stereocenters. The van der Waals surface area contributed by atoms with Gasteiger partial charge in [-0.05, 0) is 68.7 Å². The minimum atomic E-state index is -0.869. The standard InChI is InChI=1S/C27H32BrN3O5/c1-18(2)36-27(34)30(4)17-22-16-24(11-7-20(22)8-12-26(32)33)35-14-13-31-19(3)15-25(29-31)21-5-9-23(28)10-6-21/h5-7,9-11,15-16,18H,8,12-14,17H2,1-4H3,(H,32,33). The summed E-state index contributed by atoms with van der Waals surface area (Å²) in [6.07, 6.45) is -0.289. The zero-order chi connectivity index (χ0) is 26.2. The molecule has 3 aromatic rings. The lowest BCUT2D eigenvalue weighted by atomic mass is 10.0. The second-order valence-electron chi connectivity index (χ2n) is 8.86. The van der Waals surface area contributed by atoms with Gasteiger partial charge in [0.2, 0.25) is 0 Å². The molecule has 0 aliphatic heterocycles. The van der Waals surface area contributed by atoms with Gasteiger partial charge in [-0.25, -0.2) is 4.79 Å². The molecule has 0 aliphatic rings. The average molecular weight is 558 g/mol. The molecule has 1 aromatic heterocycles. The molecule has 0 saturated heterocycles. The van der Waals surface area contributed by atoms with Gasteiger partial charge in [0.05, 0.1) is 18.3 Å². The Morgan fingerprint density at radius 1 is 1.11 bits per heavy atom. The fraction of sp³-hybridized carbons (Fsp3) is 0.370. The van der Waals surface area contributed by atoms with Crippen LogP contribution < -0.4 is 4.74 Å². The van der Waals surface area contributed by atoms with Crippen molar-refractivity contribution in [2.75, 3.05) is 13.7 Å². The number of aryl methyl sites for hydroxylation is 2. The summed E-state index contributed by atoms with van der Waals surface area (Å²) in [4.78, 5) is 24.8. The Morgan fingerprint density at radius 3 is 2.50 bits per heavy atom.